The number of pyridine rings is 2. The van der Waals surface area contributed by atoms with Gasteiger partial charge in [0.1, 0.15) is 10.7 Å². The van der Waals surface area contributed by atoms with Gasteiger partial charge in [-0.1, -0.05) is 30.3 Å². The molecule has 1 atom stereocenters. The van der Waals surface area contributed by atoms with E-state index in [-0.39, 0.29) is 54.2 Å². The van der Waals surface area contributed by atoms with E-state index in [9.17, 15) is 93.1 Å². The van der Waals surface area contributed by atoms with Crippen molar-refractivity contribution in [3.63, 3.8) is 0 Å². The molecule has 826 valence electrons. The van der Waals surface area contributed by atoms with Crippen LogP contribution in [-0.2, 0) is 111 Å². The third kappa shape index (κ3) is 46.9. The summed E-state index contributed by atoms with van der Waals surface area (Å²) in [4.78, 5) is 108. The SMILES string of the molecule is CC(C)(C)S(=O)(=O)NCCCCC(=O)Nc1ccc2c(c1)CCC2=O.CC(C)(C)S(=O)(=O)NCCCCC(=O)Nc1cccc2ncccc12.CC1=C(C(=O)NNC(=O)CCCCNS(=O)(=O)C(C)(C)C)SNN1.CCOc1cccc(NC(=O)CCCCNS(=O)(=O)C(C)(C)C)c1.CS(=O)c1ccc(NC(=O)CCCCNS(=O)(=O)C(C)(C)C)cc1.Cc1cc(NC(=O)CCCCNS(=O)(=O)C(C)(C)C)c2ccccc2n1. The number of Topliss-reactive ketones (excluding diaryl/α,β-unsaturated/α-hetero) is 1. The van der Waals surface area contributed by atoms with Crippen LogP contribution in [-0.4, -0.2) is 192 Å². The number of amides is 7. The van der Waals surface area contributed by atoms with E-state index in [4.69, 9.17) is 4.74 Å². The average Bonchev–Trinajstić information content (AvgIpc) is 1.44. The van der Waals surface area contributed by atoms with Gasteiger partial charge in [-0.15, -0.1) is 0 Å². The summed E-state index contributed by atoms with van der Waals surface area (Å²) in [5.74, 6) is -0.359. The molecule has 0 fully saturated rings. The maximum absolute atomic E-state index is 12.2. The number of nitrogens with zero attached hydrogens (tertiary/aromatic N) is 2. The van der Waals surface area contributed by atoms with Gasteiger partial charge in [-0.3, -0.25) is 63.4 Å². The number of carbonyl (C=O) groups excluding carboxylic acids is 8. The second-order valence-electron chi connectivity index (χ2n) is 40.8. The summed E-state index contributed by atoms with van der Waals surface area (Å²) >= 11 is 1.13. The van der Waals surface area contributed by atoms with Gasteiger partial charge in [0, 0.05) is 163 Å². The van der Waals surface area contributed by atoms with Gasteiger partial charge < -0.3 is 36.7 Å². The monoisotopic (exact) mass is 2220 g/mol. The van der Waals surface area contributed by atoms with Crippen LogP contribution in [0.5, 0.6) is 5.75 Å². The van der Waals surface area contributed by atoms with Gasteiger partial charge in [-0.05, 0) is 337 Å². The van der Waals surface area contributed by atoms with E-state index < -0.39 is 105 Å². The normalized spacial score (nSPS) is 13.3. The Morgan fingerprint density at radius 3 is 1.16 bits per heavy atom. The number of hydrazine groups is 2. The number of hydrogen-bond donors (Lipinski definition) is 15. The van der Waals surface area contributed by atoms with E-state index in [0.717, 1.165) is 68.4 Å². The Balaban J connectivity index is 0.000000370. The third-order valence-electron chi connectivity index (χ3n) is 22.1. The molecule has 47 heteroatoms. The van der Waals surface area contributed by atoms with Crippen molar-refractivity contribution in [3.8, 4) is 5.75 Å². The predicted octanol–water partition coefficient (Wildman–Crippen LogP) is 14.2. The number of anilines is 5. The molecule has 7 amide bonds. The van der Waals surface area contributed by atoms with Gasteiger partial charge in [-0.2, -0.15) is 4.83 Å². The van der Waals surface area contributed by atoms with Crippen molar-refractivity contribution in [1.29, 1.82) is 0 Å². The second kappa shape index (κ2) is 60.4. The Hall–Kier alpha value is -9.86. The van der Waals surface area contributed by atoms with Crippen LogP contribution in [0.2, 0.25) is 0 Å². The number of ketones is 1. The molecule has 0 saturated carbocycles. The number of ether oxygens (including phenoxy) is 1. The maximum Gasteiger partial charge on any atom is 0.279 e. The molecule has 148 heavy (non-hydrogen) atoms. The zero-order valence-electron chi connectivity index (χ0n) is 89.4. The molecular weight excluding hydrogens is 2060 g/mol. The summed E-state index contributed by atoms with van der Waals surface area (Å²) in [6.45, 7) is 37.7. The van der Waals surface area contributed by atoms with E-state index in [0.29, 0.717) is 193 Å². The molecule has 2 aromatic heterocycles. The molecule has 1 aliphatic carbocycles. The number of rotatable bonds is 45. The highest BCUT2D eigenvalue weighted by Gasteiger charge is 2.34. The smallest absolute Gasteiger partial charge is 0.279 e. The summed E-state index contributed by atoms with van der Waals surface area (Å²) in [7, 11) is -21.1. The van der Waals surface area contributed by atoms with Gasteiger partial charge in [0.2, 0.25) is 95.6 Å². The highest BCUT2D eigenvalue weighted by atomic mass is 32.2. The first-order chi connectivity index (χ1) is 68.6. The van der Waals surface area contributed by atoms with Crippen molar-refractivity contribution >= 4 is 180 Å². The first kappa shape index (κ1) is 130. The summed E-state index contributed by atoms with van der Waals surface area (Å²) in [5, 5.41) is 16.1. The van der Waals surface area contributed by atoms with Crippen molar-refractivity contribution < 1.29 is 97.8 Å². The van der Waals surface area contributed by atoms with E-state index in [2.05, 4.69) is 86.0 Å². The summed E-state index contributed by atoms with van der Waals surface area (Å²) in [6, 6.07) is 38.3. The van der Waals surface area contributed by atoms with Crippen LogP contribution in [0.15, 0.2) is 149 Å². The number of unbranched alkanes of at least 4 members (excludes halogenated alkanes) is 6. The van der Waals surface area contributed by atoms with Crippen LogP contribution >= 0.6 is 11.9 Å². The largest absolute Gasteiger partial charge is 0.494 e. The Bertz CT molecular complexity index is 6390. The fourth-order valence-electron chi connectivity index (χ4n) is 12.6. The molecule has 2 aliphatic rings. The first-order valence-electron chi connectivity index (χ1n) is 49.1. The number of hydrogen-bond acceptors (Lipinski definition) is 27. The predicted molar refractivity (Wildman–Crippen MR) is 593 cm³/mol. The second-order valence-corrected chi connectivity index (χ2v) is 58.1. The van der Waals surface area contributed by atoms with Crippen molar-refractivity contribution in [2.45, 2.75) is 307 Å². The van der Waals surface area contributed by atoms with E-state index in [1.807, 2.05) is 92.7 Å². The summed E-state index contributed by atoms with van der Waals surface area (Å²) in [5.41, 5.74) is 15.9. The van der Waals surface area contributed by atoms with Crippen LogP contribution in [0.3, 0.4) is 0 Å². The minimum Gasteiger partial charge on any atom is -0.494 e. The van der Waals surface area contributed by atoms with E-state index in [1.54, 1.807) is 193 Å². The molecule has 1 unspecified atom stereocenters. The van der Waals surface area contributed by atoms with Gasteiger partial charge in [0.15, 0.2) is 5.78 Å². The molecule has 0 radical (unpaired) electrons. The molecule has 0 bridgehead atoms. The molecule has 3 heterocycles. The number of aromatic nitrogens is 2. The lowest BCUT2D eigenvalue weighted by molar-refractivity contribution is -0.127. The molecule has 15 N–H and O–H groups in total. The number of sulfonamides is 6. The lowest BCUT2D eigenvalue weighted by Crippen LogP contribution is -2.42. The van der Waals surface area contributed by atoms with Crippen LogP contribution in [0, 0.1) is 6.92 Å². The molecule has 0 spiro atoms. The lowest BCUT2D eigenvalue weighted by atomic mass is 10.1. The number of nitrogens with one attached hydrogen (secondary N) is 15. The van der Waals surface area contributed by atoms with Crippen LogP contribution in [0.25, 0.3) is 21.8 Å². The molecular formula is C101H157N17O22S8. The zero-order chi connectivity index (χ0) is 112. The zero-order valence-corrected chi connectivity index (χ0v) is 96.0. The van der Waals surface area contributed by atoms with Crippen LogP contribution in [0.4, 0.5) is 28.4 Å². The van der Waals surface area contributed by atoms with Gasteiger partial charge in [0.05, 0.1) is 57.5 Å². The summed E-state index contributed by atoms with van der Waals surface area (Å²) in [6.07, 6.45) is 13.5. The van der Waals surface area contributed by atoms with Crippen molar-refractivity contribution in [3.05, 3.63) is 161 Å². The number of carbonyl (C=O) groups is 8. The van der Waals surface area contributed by atoms with Gasteiger partial charge in [0.25, 0.3) is 5.91 Å². The minimum atomic E-state index is -3.36. The summed E-state index contributed by atoms with van der Waals surface area (Å²) < 4.78 is 170. The highest BCUT2D eigenvalue weighted by molar-refractivity contribution is 8.02. The number of fused-ring (bicyclic) bond motifs is 3. The van der Waals surface area contributed by atoms with Crippen molar-refractivity contribution in [1.82, 2.24) is 59.4 Å². The molecule has 9 rings (SSSR count). The van der Waals surface area contributed by atoms with Crippen molar-refractivity contribution in [2.75, 3.05) is 78.7 Å². The van der Waals surface area contributed by atoms with Crippen LogP contribution in [0.1, 0.15) is 282 Å². The van der Waals surface area contributed by atoms with Gasteiger partial charge in [-0.25, -0.2) is 78.8 Å². The number of aryl methyl sites for hydroxylation is 2. The molecule has 5 aromatic carbocycles. The molecule has 0 saturated heterocycles. The Morgan fingerprint density at radius 2 is 0.757 bits per heavy atom. The number of allylic oxidation sites excluding steroid dienone is 1. The van der Waals surface area contributed by atoms with Crippen LogP contribution < -0.4 is 80.8 Å². The Labute approximate surface area is 883 Å². The standard InChI is InChI=1S/C19H27N3O3S.C18H25N3O3S.C18H26N2O4S.C17H28N2O4S.C16H26N2O4S2.C13H25N5O4S2/c1-14-13-17(15-9-5-6-10-16(15)21-14)22-18(23)11-7-8-12-20-26(24,25)19(2,3)4;1-18(2,3)25(23,24)20-13-5-4-11-17(22)21-16-10-6-9-15-14(16)8-7-12-19-15;1-18(2,3)25(23,24)19-11-5-4-6-17(22)20-14-8-9-15-13(12-14)7-10-16(15)21;1-5-23-15-10-8-9-14(13-15)19-16(20)11-6-7-12-18-24(21,22)17(2,3)4;1-16(2,3)24(21,22)17-12-6-5-7-15(19)18-13-8-10-14(11-9-13)23(4)20;1-9-11(23-18-15-9)12(20)17-16-10(19)7-5-6-8-14-24(21,22)13(2,3)4/h5-6,9-10,13,20H,7-8,11-12H2,1-4H3,(H,21,22,23);6-10,12,20H,4-5,11,13H2,1-3H3,(H,21,22);8-9,12,19H,4-7,10-11H2,1-3H3,(H,20,22);8-10,13,18H,5-7,11-12H2,1-4H3,(H,19,20);8-11,17H,5-7,12H2,1-4H3,(H,18,19);14-15,18H,5-8H2,1-4H3,(H,16,19)(H,17,20). The third-order valence-corrected chi connectivity index (χ3v) is 37.1. The fourth-order valence-corrected chi connectivity index (χ4v) is 18.8. The maximum atomic E-state index is 12.2. The first-order valence-corrected chi connectivity index (χ1v) is 60.4. The number of para-hydroxylation sites is 1. The quantitative estimate of drug-likeness (QED) is 0.00957. The number of benzene rings is 5. The minimum absolute atomic E-state index is 0.0839. The molecule has 39 nitrogen and oxygen atoms in total. The highest BCUT2D eigenvalue weighted by Crippen LogP contribution is 2.30. The molecule has 7 aromatic rings. The Morgan fingerprint density at radius 1 is 0.392 bits per heavy atom. The van der Waals surface area contributed by atoms with Crippen molar-refractivity contribution in [2.24, 2.45) is 0 Å². The van der Waals surface area contributed by atoms with E-state index in [1.165, 1.54) is 0 Å². The topological polar surface area (TPSA) is 574 Å². The fraction of sp³-hybridized carbons (Fsp3) is 0.545. The van der Waals surface area contributed by atoms with Gasteiger partial charge >= 0.3 is 0 Å². The Kier molecular flexibility index (Phi) is 53.2. The lowest BCUT2D eigenvalue weighted by Gasteiger charge is -2.19. The average molecular weight is 2220 g/mol. The molecule has 1 aliphatic heterocycles. The van der Waals surface area contributed by atoms with E-state index >= 15 is 0 Å².